The van der Waals surface area contributed by atoms with E-state index in [9.17, 15) is 4.79 Å². The van der Waals surface area contributed by atoms with Gasteiger partial charge in [0, 0.05) is 22.2 Å². The molecule has 2 aliphatic rings. The Kier molecular flexibility index (Phi) is 6.43. The van der Waals surface area contributed by atoms with Crippen LogP contribution < -0.4 is 24.8 Å². The summed E-state index contributed by atoms with van der Waals surface area (Å²) in [5.74, 6) is 2.24. The van der Waals surface area contributed by atoms with Crippen LogP contribution in [0.5, 0.6) is 17.2 Å². The van der Waals surface area contributed by atoms with Gasteiger partial charge in [-0.3, -0.25) is 4.79 Å². The van der Waals surface area contributed by atoms with Gasteiger partial charge in [-0.25, -0.2) is 0 Å². The smallest absolute Gasteiger partial charge is 0.163 e. The number of Topliss-reactive ketones (excluding diaryl/α,β-unsaturated/α-hetero) is 1. The van der Waals surface area contributed by atoms with Crippen LogP contribution in [0.15, 0.2) is 76.4 Å². The molecule has 0 saturated carbocycles. The molecule has 1 heterocycles. The highest BCUT2D eigenvalue weighted by molar-refractivity contribution is 9.10. The number of carbonyl (C=O) groups is 1. The van der Waals surface area contributed by atoms with E-state index in [2.05, 4.69) is 26.6 Å². The molecule has 0 saturated heterocycles. The highest BCUT2D eigenvalue weighted by atomic mass is 79.9. The predicted molar refractivity (Wildman–Crippen MR) is 141 cm³/mol. The van der Waals surface area contributed by atoms with Crippen molar-refractivity contribution in [3.63, 3.8) is 0 Å². The Balaban J connectivity index is 1.62. The normalized spacial score (nSPS) is 19.0. The van der Waals surface area contributed by atoms with E-state index in [0.717, 1.165) is 50.4 Å². The molecule has 0 amide bonds. The van der Waals surface area contributed by atoms with Gasteiger partial charge in [0.1, 0.15) is 5.75 Å². The van der Waals surface area contributed by atoms with E-state index in [-0.39, 0.29) is 17.7 Å². The van der Waals surface area contributed by atoms with Gasteiger partial charge in [0.2, 0.25) is 0 Å². The van der Waals surface area contributed by atoms with Crippen LogP contribution in [-0.4, -0.2) is 27.1 Å². The second-order valence-electron chi connectivity index (χ2n) is 8.67. The first-order chi connectivity index (χ1) is 17.0. The Morgan fingerprint density at radius 2 is 1.54 bits per heavy atom. The molecular weight excluding hydrogens is 508 g/mol. The number of halogens is 1. The Bertz CT molecular complexity index is 1300. The number of hydrogen-bond donors (Lipinski definition) is 2. The maximum atomic E-state index is 13.8. The molecule has 1 aliphatic carbocycles. The maximum absolute atomic E-state index is 13.8. The van der Waals surface area contributed by atoms with Crippen molar-refractivity contribution < 1.29 is 19.0 Å². The molecule has 7 heteroatoms. The summed E-state index contributed by atoms with van der Waals surface area (Å²) in [6.45, 7) is 0. The second-order valence-corrected chi connectivity index (χ2v) is 9.52. The lowest BCUT2D eigenvalue weighted by Gasteiger charge is -2.30. The van der Waals surface area contributed by atoms with Gasteiger partial charge in [0.25, 0.3) is 0 Å². The molecule has 1 aliphatic heterocycles. The Morgan fingerprint density at radius 3 is 2.23 bits per heavy atom. The average Bonchev–Trinajstić information content (AvgIpc) is 3.05. The first-order valence-electron chi connectivity index (χ1n) is 11.5. The monoisotopic (exact) mass is 534 g/mol. The third-order valence-corrected chi connectivity index (χ3v) is 7.40. The van der Waals surface area contributed by atoms with Gasteiger partial charge in [0.05, 0.1) is 38.7 Å². The minimum absolute atomic E-state index is 0.0828. The van der Waals surface area contributed by atoms with Crippen molar-refractivity contribution in [2.75, 3.05) is 32.0 Å². The maximum Gasteiger partial charge on any atom is 0.163 e. The minimum atomic E-state index is -0.361. The van der Waals surface area contributed by atoms with E-state index in [1.54, 1.807) is 21.3 Å². The molecule has 0 spiro atoms. The van der Waals surface area contributed by atoms with Crippen molar-refractivity contribution in [2.24, 2.45) is 0 Å². The van der Waals surface area contributed by atoms with Crippen LogP contribution in [0.2, 0.25) is 0 Å². The number of ether oxygens (including phenoxy) is 3. The van der Waals surface area contributed by atoms with Crippen LogP contribution in [0.3, 0.4) is 0 Å². The summed E-state index contributed by atoms with van der Waals surface area (Å²) < 4.78 is 17.2. The number of benzene rings is 3. The van der Waals surface area contributed by atoms with Gasteiger partial charge in [0.15, 0.2) is 17.3 Å². The van der Waals surface area contributed by atoms with Crippen molar-refractivity contribution in [3.8, 4) is 17.2 Å². The molecule has 0 radical (unpaired) electrons. The Labute approximate surface area is 213 Å². The number of methoxy groups -OCH3 is 3. The first-order valence-corrected chi connectivity index (χ1v) is 12.3. The zero-order valence-corrected chi connectivity index (χ0v) is 21.4. The predicted octanol–water partition coefficient (Wildman–Crippen LogP) is 6.45. The van der Waals surface area contributed by atoms with Gasteiger partial charge in [-0.1, -0.05) is 40.2 Å². The second kappa shape index (κ2) is 9.66. The summed E-state index contributed by atoms with van der Waals surface area (Å²) in [5.41, 5.74) is 5.60. The van der Waals surface area contributed by atoms with Gasteiger partial charge in [-0.15, -0.1) is 0 Å². The van der Waals surface area contributed by atoms with E-state index < -0.39 is 0 Å². The van der Waals surface area contributed by atoms with Gasteiger partial charge in [-0.2, -0.15) is 0 Å². The van der Waals surface area contributed by atoms with Gasteiger partial charge >= 0.3 is 0 Å². The molecular formula is C28H27BrN2O4. The fourth-order valence-corrected chi connectivity index (χ4v) is 5.48. The molecule has 0 fully saturated rings. The summed E-state index contributed by atoms with van der Waals surface area (Å²) >= 11 is 3.71. The number of nitrogens with one attached hydrogen (secondary N) is 2. The molecule has 3 aromatic carbocycles. The number of hydrogen-bond acceptors (Lipinski definition) is 6. The van der Waals surface area contributed by atoms with E-state index in [4.69, 9.17) is 14.2 Å². The van der Waals surface area contributed by atoms with E-state index in [1.807, 2.05) is 60.7 Å². The van der Waals surface area contributed by atoms with E-state index in [0.29, 0.717) is 17.9 Å². The van der Waals surface area contributed by atoms with Crippen LogP contribution in [-0.2, 0) is 4.79 Å². The topological polar surface area (TPSA) is 68.8 Å². The molecule has 6 nitrogen and oxygen atoms in total. The Morgan fingerprint density at radius 1 is 0.857 bits per heavy atom. The number of para-hydroxylation sites is 2. The highest BCUT2D eigenvalue weighted by Crippen LogP contribution is 2.47. The van der Waals surface area contributed by atoms with Crippen molar-refractivity contribution >= 4 is 33.1 Å². The van der Waals surface area contributed by atoms with Crippen molar-refractivity contribution in [1.29, 1.82) is 0 Å². The van der Waals surface area contributed by atoms with Crippen molar-refractivity contribution in [3.05, 3.63) is 87.5 Å². The largest absolute Gasteiger partial charge is 0.497 e. The summed E-state index contributed by atoms with van der Waals surface area (Å²) in [7, 11) is 4.88. The summed E-state index contributed by atoms with van der Waals surface area (Å²) in [4.78, 5) is 13.8. The van der Waals surface area contributed by atoms with Crippen molar-refractivity contribution in [2.45, 2.75) is 24.8 Å². The minimum Gasteiger partial charge on any atom is -0.497 e. The number of allylic oxidation sites excluding steroid dienone is 1. The van der Waals surface area contributed by atoms with E-state index >= 15 is 0 Å². The van der Waals surface area contributed by atoms with Gasteiger partial charge in [-0.05, 0) is 59.9 Å². The number of carbonyl (C=O) groups excluding carboxylic acids is 1. The molecule has 0 bridgehead atoms. The number of ketones is 1. The Hall–Kier alpha value is -3.45. The molecule has 0 aromatic heterocycles. The molecule has 3 aromatic rings. The number of rotatable bonds is 5. The zero-order chi connectivity index (χ0) is 24.5. The lowest BCUT2D eigenvalue weighted by Crippen LogP contribution is -2.27. The van der Waals surface area contributed by atoms with Crippen LogP contribution in [0, 0.1) is 0 Å². The van der Waals surface area contributed by atoms with Gasteiger partial charge < -0.3 is 24.8 Å². The molecule has 35 heavy (non-hydrogen) atoms. The van der Waals surface area contributed by atoms with Crippen LogP contribution in [0.25, 0.3) is 0 Å². The van der Waals surface area contributed by atoms with E-state index in [1.165, 1.54) is 0 Å². The summed E-state index contributed by atoms with van der Waals surface area (Å²) in [5, 5.41) is 7.21. The lowest BCUT2D eigenvalue weighted by atomic mass is 9.78. The SMILES string of the molecule is COc1ccc([C@@H]2CC(=O)C3=C(C2)Nc2ccccc2N[C@H]3c2cc(OC)c(OC)cc2Br)cc1. The quantitative estimate of drug-likeness (QED) is 0.391. The van der Waals surface area contributed by atoms with Crippen LogP contribution in [0.1, 0.15) is 35.9 Å². The molecule has 5 rings (SSSR count). The molecule has 2 N–H and O–H groups in total. The molecule has 0 unspecified atom stereocenters. The standard InChI is InChI=1S/C28H27BrN2O4/c1-33-18-10-8-16(9-11-18)17-12-23-27(24(32)13-17)28(31-22-7-5-4-6-21(22)30-23)19-14-25(34-2)26(35-3)15-20(19)29/h4-11,14-15,17,28,30-31H,12-13H2,1-3H3/t17-,28-/m0/s1. The fraction of sp³-hybridized carbons (Fsp3) is 0.250. The third kappa shape index (κ3) is 4.36. The molecule has 180 valence electrons. The lowest BCUT2D eigenvalue weighted by molar-refractivity contribution is -0.116. The zero-order valence-electron chi connectivity index (χ0n) is 19.9. The number of anilines is 2. The fourth-order valence-electron chi connectivity index (χ4n) is 4.93. The average molecular weight is 535 g/mol. The third-order valence-electron chi connectivity index (χ3n) is 6.71. The van der Waals surface area contributed by atoms with Crippen molar-refractivity contribution in [1.82, 2.24) is 0 Å². The summed E-state index contributed by atoms with van der Waals surface area (Å²) in [6, 6.07) is 19.5. The van der Waals surface area contributed by atoms with Crippen LogP contribution >= 0.6 is 15.9 Å². The number of fused-ring (bicyclic) bond motifs is 1. The van der Waals surface area contributed by atoms with Crippen LogP contribution in [0.4, 0.5) is 11.4 Å². The first kappa shape index (κ1) is 23.3. The summed E-state index contributed by atoms with van der Waals surface area (Å²) in [6.07, 6.45) is 1.16. The highest BCUT2D eigenvalue weighted by Gasteiger charge is 2.37. The molecule has 2 atom stereocenters.